The maximum atomic E-state index is 14.3. The quantitative estimate of drug-likeness (QED) is 0.749. The molecule has 5 nitrogen and oxygen atoms in total. The van der Waals surface area contributed by atoms with Crippen LogP contribution in [-0.4, -0.2) is 38.7 Å². The molecular weight excluding hydrogens is 391 g/mol. The monoisotopic (exact) mass is 416 g/mol. The van der Waals surface area contributed by atoms with Gasteiger partial charge in [0.2, 0.25) is 5.91 Å². The van der Waals surface area contributed by atoms with Gasteiger partial charge in [-0.15, -0.1) is 10.2 Å². The maximum Gasteiger partial charge on any atom is 0.226 e. The van der Waals surface area contributed by atoms with Crippen molar-refractivity contribution < 1.29 is 9.18 Å². The standard InChI is InChI=1S/C22H26ClFN4O/c23-15-4-5-17(19(24)13-15)16-6-7-18(16)22(29)27-11-8-14(9-12-27)21-26-25-20-3-1-2-10-28(20)21/h4-5,13-14,16,18H,1-3,6-12H2. The van der Waals surface area contributed by atoms with Crippen LogP contribution >= 0.6 is 11.6 Å². The van der Waals surface area contributed by atoms with E-state index in [9.17, 15) is 9.18 Å². The zero-order valence-corrected chi connectivity index (χ0v) is 17.2. The van der Waals surface area contributed by atoms with E-state index in [1.165, 1.54) is 18.9 Å². The highest BCUT2D eigenvalue weighted by Gasteiger charge is 2.41. The van der Waals surface area contributed by atoms with Crippen molar-refractivity contribution in [2.75, 3.05) is 13.1 Å². The molecule has 0 N–H and O–H groups in total. The Labute approximate surface area is 175 Å². The van der Waals surface area contributed by atoms with Gasteiger partial charge in [0.1, 0.15) is 17.5 Å². The molecule has 1 aromatic heterocycles. The molecule has 3 heterocycles. The predicted octanol–water partition coefficient (Wildman–Crippen LogP) is 4.31. The van der Waals surface area contributed by atoms with Gasteiger partial charge in [0.05, 0.1) is 0 Å². The summed E-state index contributed by atoms with van der Waals surface area (Å²) in [4.78, 5) is 15.1. The Morgan fingerprint density at radius 1 is 1.07 bits per heavy atom. The number of carbonyl (C=O) groups excluding carboxylic acids is 1. The molecule has 2 aliphatic heterocycles. The van der Waals surface area contributed by atoms with E-state index in [1.807, 2.05) is 4.90 Å². The van der Waals surface area contributed by atoms with Crippen molar-refractivity contribution in [3.63, 3.8) is 0 Å². The van der Waals surface area contributed by atoms with Crippen LogP contribution in [0.1, 0.15) is 67.6 Å². The van der Waals surface area contributed by atoms with Gasteiger partial charge >= 0.3 is 0 Å². The number of aryl methyl sites for hydroxylation is 1. The number of nitrogens with zero attached hydrogens (tertiary/aromatic N) is 4. The van der Waals surface area contributed by atoms with Crippen LogP contribution in [-0.2, 0) is 17.8 Å². The zero-order chi connectivity index (χ0) is 20.0. The fourth-order valence-corrected chi connectivity index (χ4v) is 5.35. The van der Waals surface area contributed by atoms with Crippen LogP contribution in [0.25, 0.3) is 0 Å². The highest BCUT2D eigenvalue weighted by Crippen LogP contribution is 2.45. The van der Waals surface area contributed by atoms with Gasteiger partial charge in [-0.1, -0.05) is 17.7 Å². The number of hydrogen-bond acceptors (Lipinski definition) is 3. The van der Waals surface area contributed by atoms with Gasteiger partial charge in [0.15, 0.2) is 0 Å². The average Bonchev–Trinajstić information content (AvgIpc) is 3.13. The Morgan fingerprint density at radius 3 is 2.62 bits per heavy atom. The molecule has 1 aliphatic carbocycles. The molecule has 2 atom stereocenters. The van der Waals surface area contributed by atoms with Crippen molar-refractivity contribution in [2.24, 2.45) is 5.92 Å². The molecule has 154 valence electrons. The number of halogens is 2. The van der Waals surface area contributed by atoms with Crippen LogP contribution < -0.4 is 0 Å². The van der Waals surface area contributed by atoms with Crippen LogP contribution in [0.15, 0.2) is 18.2 Å². The third-order valence-electron chi connectivity index (χ3n) is 7.01. The fraction of sp³-hybridized carbons (Fsp3) is 0.591. The van der Waals surface area contributed by atoms with Crippen molar-refractivity contribution in [3.05, 3.63) is 46.3 Å². The van der Waals surface area contributed by atoms with E-state index in [0.717, 1.165) is 63.4 Å². The Morgan fingerprint density at radius 2 is 1.90 bits per heavy atom. The van der Waals surface area contributed by atoms with Crippen LogP contribution in [0.4, 0.5) is 4.39 Å². The summed E-state index contributed by atoms with van der Waals surface area (Å²) in [5.74, 6) is 2.35. The molecule has 0 spiro atoms. The first-order valence-corrected chi connectivity index (χ1v) is 11.2. The topological polar surface area (TPSA) is 51.0 Å². The predicted molar refractivity (Wildman–Crippen MR) is 108 cm³/mol. The molecule has 7 heteroatoms. The number of likely N-dealkylation sites (tertiary alicyclic amines) is 1. The number of rotatable bonds is 3. The van der Waals surface area contributed by atoms with Crippen LogP contribution in [0.5, 0.6) is 0 Å². The number of hydrogen-bond donors (Lipinski definition) is 0. The second kappa shape index (κ2) is 7.71. The molecule has 2 fully saturated rings. The largest absolute Gasteiger partial charge is 0.342 e. The van der Waals surface area contributed by atoms with Crippen LogP contribution in [0, 0.1) is 11.7 Å². The van der Waals surface area contributed by atoms with Crippen molar-refractivity contribution in [3.8, 4) is 0 Å². The number of carbonyl (C=O) groups is 1. The molecule has 2 aromatic rings. The molecule has 2 unspecified atom stereocenters. The van der Waals surface area contributed by atoms with Crippen molar-refractivity contribution in [2.45, 2.75) is 63.3 Å². The summed E-state index contributed by atoms with van der Waals surface area (Å²) in [6, 6.07) is 4.80. The third kappa shape index (κ3) is 3.45. The fourth-order valence-electron chi connectivity index (χ4n) is 5.20. The Hall–Kier alpha value is -1.95. The lowest BCUT2D eigenvalue weighted by Gasteiger charge is -2.41. The normalized spacial score (nSPS) is 24.8. The summed E-state index contributed by atoms with van der Waals surface area (Å²) >= 11 is 5.88. The van der Waals surface area contributed by atoms with Gasteiger partial charge in [-0.2, -0.15) is 0 Å². The van der Waals surface area contributed by atoms with Gasteiger partial charge in [-0.05, 0) is 62.1 Å². The lowest BCUT2D eigenvalue weighted by Crippen LogP contribution is -2.46. The van der Waals surface area contributed by atoms with Gasteiger partial charge in [0, 0.05) is 42.9 Å². The maximum absolute atomic E-state index is 14.3. The molecule has 29 heavy (non-hydrogen) atoms. The second-order valence-electron chi connectivity index (χ2n) is 8.64. The minimum absolute atomic E-state index is 0.0268. The summed E-state index contributed by atoms with van der Waals surface area (Å²) in [6.07, 6.45) is 6.96. The molecule has 1 saturated heterocycles. The molecule has 1 amide bonds. The van der Waals surface area contributed by atoms with E-state index < -0.39 is 0 Å². The molecule has 0 radical (unpaired) electrons. The number of aromatic nitrogens is 3. The Balaban J connectivity index is 1.23. The van der Waals surface area contributed by atoms with Gasteiger partial charge in [-0.3, -0.25) is 4.79 Å². The van der Waals surface area contributed by atoms with E-state index in [-0.39, 0.29) is 23.6 Å². The zero-order valence-electron chi connectivity index (χ0n) is 16.5. The third-order valence-corrected chi connectivity index (χ3v) is 7.25. The van der Waals surface area contributed by atoms with Crippen molar-refractivity contribution in [1.82, 2.24) is 19.7 Å². The number of amides is 1. The highest BCUT2D eigenvalue weighted by molar-refractivity contribution is 6.30. The summed E-state index contributed by atoms with van der Waals surface area (Å²) in [5, 5.41) is 9.26. The van der Waals surface area contributed by atoms with E-state index in [2.05, 4.69) is 14.8 Å². The molecule has 3 aliphatic rings. The summed E-state index contributed by atoms with van der Waals surface area (Å²) in [6.45, 7) is 2.52. The second-order valence-corrected chi connectivity index (χ2v) is 9.08. The minimum atomic E-state index is -0.296. The number of fused-ring (bicyclic) bond motifs is 1. The molecule has 5 rings (SSSR count). The van der Waals surface area contributed by atoms with Crippen molar-refractivity contribution >= 4 is 17.5 Å². The molecule has 1 aromatic carbocycles. The van der Waals surface area contributed by atoms with Crippen molar-refractivity contribution in [1.29, 1.82) is 0 Å². The number of piperidine rings is 1. The average molecular weight is 417 g/mol. The lowest BCUT2D eigenvalue weighted by molar-refractivity contribution is -0.140. The van der Waals surface area contributed by atoms with Crippen LogP contribution in [0.3, 0.4) is 0 Å². The smallest absolute Gasteiger partial charge is 0.226 e. The summed E-state index contributed by atoms with van der Waals surface area (Å²) < 4.78 is 16.6. The van der Waals surface area contributed by atoms with E-state index in [0.29, 0.717) is 16.5 Å². The van der Waals surface area contributed by atoms with E-state index >= 15 is 0 Å². The number of benzene rings is 1. The minimum Gasteiger partial charge on any atom is -0.342 e. The van der Waals surface area contributed by atoms with Crippen LogP contribution in [0.2, 0.25) is 5.02 Å². The van der Waals surface area contributed by atoms with E-state index in [4.69, 9.17) is 11.6 Å². The molecule has 1 saturated carbocycles. The van der Waals surface area contributed by atoms with Gasteiger partial charge in [0.25, 0.3) is 0 Å². The SMILES string of the molecule is O=C(C1CCC1c1ccc(Cl)cc1F)N1CCC(c2nnc3n2CCCC3)CC1. The van der Waals surface area contributed by atoms with Gasteiger partial charge < -0.3 is 9.47 Å². The lowest BCUT2D eigenvalue weighted by atomic mass is 9.69. The molecule has 0 bridgehead atoms. The summed E-state index contributed by atoms with van der Waals surface area (Å²) in [5.41, 5.74) is 0.629. The Kier molecular flexibility index (Phi) is 5.06. The first-order valence-electron chi connectivity index (χ1n) is 10.8. The van der Waals surface area contributed by atoms with Gasteiger partial charge in [-0.25, -0.2) is 4.39 Å². The summed E-state index contributed by atoms with van der Waals surface area (Å²) in [7, 11) is 0. The highest BCUT2D eigenvalue weighted by atomic mass is 35.5. The first-order chi connectivity index (χ1) is 14.1. The Bertz CT molecular complexity index is 922. The van der Waals surface area contributed by atoms with E-state index in [1.54, 1.807) is 12.1 Å². The molecular formula is C22H26ClFN4O. The first kappa shape index (κ1) is 19.0.